The zero-order chi connectivity index (χ0) is 18.2. The largest absolute Gasteiger partial charge is 0.449 e. The Morgan fingerprint density at radius 2 is 2.00 bits per heavy atom. The Hall–Kier alpha value is -2.42. The molecule has 0 radical (unpaired) electrons. The van der Waals surface area contributed by atoms with E-state index in [0.717, 1.165) is 31.9 Å². The van der Waals surface area contributed by atoms with Crippen molar-refractivity contribution in [3.8, 4) is 10.6 Å². The minimum Gasteiger partial charge on any atom is -0.449 e. The Balaban J connectivity index is 1.28. The maximum absolute atomic E-state index is 6.07. The summed E-state index contributed by atoms with van der Waals surface area (Å²) in [7, 11) is 0. The van der Waals surface area contributed by atoms with Crippen molar-refractivity contribution in [3.05, 3.63) is 59.1 Å². The molecule has 3 heterocycles. The molecule has 3 aromatic rings. The second-order valence-electron chi connectivity index (χ2n) is 5.84. The molecule has 0 amide bonds. The standard InChI is InChI=1S/C18H12ClN5OS2/c19-11-6-7-13-12(8-11)15-16(20-13)25-14(21-22-15)9-26-18-24-23-17(27-18)10-4-2-1-3-5-10/h1-8,16,20H,9H2. The van der Waals surface area contributed by atoms with Gasteiger partial charge in [-0.2, -0.15) is 0 Å². The van der Waals surface area contributed by atoms with Crippen LogP contribution in [-0.2, 0) is 4.74 Å². The number of aromatic nitrogens is 2. The van der Waals surface area contributed by atoms with E-state index in [2.05, 4.69) is 25.7 Å². The van der Waals surface area contributed by atoms with Crippen LogP contribution in [0.4, 0.5) is 5.69 Å². The highest BCUT2D eigenvalue weighted by molar-refractivity contribution is 8.01. The van der Waals surface area contributed by atoms with Crippen LogP contribution in [0.2, 0.25) is 5.02 Å². The van der Waals surface area contributed by atoms with Crippen LogP contribution in [-0.4, -0.2) is 33.8 Å². The molecule has 0 aliphatic carbocycles. The van der Waals surface area contributed by atoms with Gasteiger partial charge in [-0.3, -0.25) is 0 Å². The molecule has 2 aliphatic rings. The Bertz CT molecular complexity index is 1070. The molecule has 0 spiro atoms. The molecule has 134 valence electrons. The third-order valence-corrected chi connectivity index (χ3v) is 6.39. The van der Waals surface area contributed by atoms with E-state index >= 15 is 0 Å². The summed E-state index contributed by atoms with van der Waals surface area (Å²) in [5.41, 5.74) is 3.70. The number of ether oxygens (including phenoxy) is 1. The van der Waals surface area contributed by atoms with Crippen LogP contribution in [0.5, 0.6) is 0 Å². The van der Waals surface area contributed by atoms with E-state index in [1.807, 2.05) is 48.5 Å². The minimum atomic E-state index is -0.333. The highest BCUT2D eigenvalue weighted by Gasteiger charge is 2.33. The Labute approximate surface area is 168 Å². The monoisotopic (exact) mass is 413 g/mol. The molecule has 1 aromatic heterocycles. The molecule has 27 heavy (non-hydrogen) atoms. The van der Waals surface area contributed by atoms with Gasteiger partial charge < -0.3 is 10.1 Å². The lowest BCUT2D eigenvalue weighted by Gasteiger charge is -2.18. The van der Waals surface area contributed by atoms with Gasteiger partial charge in [-0.25, -0.2) is 0 Å². The van der Waals surface area contributed by atoms with Crippen molar-refractivity contribution >= 4 is 52.0 Å². The Kier molecular flexibility index (Phi) is 4.31. The first kappa shape index (κ1) is 16.7. The second kappa shape index (κ2) is 6.95. The number of rotatable bonds is 4. The van der Waals surface area contributed by atoms with E-state index in [4.69, 9.17) is 16.3 Å². The van der Waals surface area contributed by atoms with Crippen LogP contribution in [0.25, 0.3) is 10.6 Å². The Morgan fingerprint density at radius 1 is 1.11 bits per heavy atom. The van der Waals surface area contributed by atoms with Crippen LogP contribution in [0.3, 0.4) is 0 Å². The highest BCUT2D eigenvalue weighted by Crippen LogP contribution is 2.33. The number of nitrogens with zero attached hydrogens (tertiary/aromatic N) is 4. The number of anilines is 1. The number of halogens is 1. The first-order valence-electron chi connectivity index (χ1n) is 8.15. The topological polar surface area (TPSA) is 71.8 Å². The van der Waals surface area contributed by atoms with Gasteiger partial charge in [-0.1, -0.05) is 65.0 Å². The maximum atomic E-state index is 6.07. The number of hydrogen-bond donors (Lipinski definition) is 1. The number of fused-ring (bicyclic) bond motifs is 3. The van der Waals surface area contributed by atoms with Crippen molar-refractivity contribution < 1.29 is 4.74 Å². The first-order chi connectivity index (χ1) is 13.3. The molecule has 0 fully saturated rings. The summed E-state index contributed by atoms with van der Waals surface area (Å²) in [6.45, 7) is 0. The first-order valence-corrected chi connectivity index (χ1v) is 10.3. The number of thioether (sulfide) groups is 1. The molecule has 6 nitrogen and oxygen atoms in total. The summed E-state index contributed by atoms with van der Waals surface area (Å²) in [5.74, 6) is 1.09. The molecular weight excluding hydrogens is 402 g/mol. The fraction of sp³-hybridized carbons (Fsp3) is 0.111. The van der Waals surface area contributed by atoms with Crippen molar-refractivity contribution in [2.75, 3.05) is 11.1 Å². The number of hydrogen-bond acceptors (Lipinski definition) is 8. The normalized spacial score (nSPS) is 17.3. The van der Waals surface area contributed by atoms with Gasteiger partial charge in [0.2, 0.25) is 12.1 Å². The van der Waals surface area contributed by atoms with Gasteiger partial charge in [0.1, 0.15) is 10.7 Å². The molecule has 2 aliphatic heterocycles. The van der Waals surface area contributed by atoms with E-state index in [1.54, 1.807) is 11.3 Å². The molecule has 2 aromatic carbocycles. The molecule has 0 bridgehead atoms. The van der Waals surface area contributed by atoms with E-state index in [9.17, 15) is 0 Å². The van der Waals surface area contributed by atoms with Gasteiger partial charge in [-0.15, -0.1) is 20.4 Å². The van der Waals surface area contributed by atoms with Gasteiger partial charge in [0.05, 0.1) is 5.75 Å². The van der Waals surface area contributed by atoms with Crippen molar-refractivity contribution in [2.24, 2.45) is 10.2 Å². The average molecular weight is 414 g/mol. The fourth-order valence-electron chi connectivity index (χ4n) is 2.82. The van der Waals surface area contributed by atoms with Crippen LogP contribution in [0, 0.1) is 0 Å². The number of nitrogens with one attached hydrogen (secondary N) is 1. The second-order valence-corrected chi connectivity index (χ2v) is 8.48. The van der Waals surface area contributed by atoms with Gasteiger partial charge in [0.25, 0.3) is 0 Å². The molecule has 0 saturated carbocycles. The van der Waals surface area contributed by atoms with Crippen LogP contribution in [0.1, 0.15) is 5.56 Å². The zero-order valence-corrected chi connectivity index (χ0v) is 16.2. The molecule has 1 unspecified atom stereocenters. The predicted molar refractivity (Wildman–Crippen MR) is 110 cm³/mol. The third-order valence-electron chi connectivity index (χ3n) is 4.06. The van der Waals surface area contributed by atoms with Crippen LogP contribution in [0.15, 0.2) is 63.1 Å². The molecule has 9 heteroatoms. The molecule has 0 saturated heterocycles. The smallest absolute Gasteiger partial charge is 0.221 e. The molecule has 5 rings (SSSR count). The van der Waals surface area contributed by atoms with E-state index in [1.165, 1.54) is 11.8 Å². The molecule has 1 atom stereocenters. The number of benzene rings is 2. The van der Waals surface area contributed by atoms with Crippen molar-refractivity contribution in [1.82, 2.24) is 10.2 Å². The lowest BCUT2D eigenvalue weighted by molar-refractivity contribution is 0.276. The van der Waals surface area contributed by atoms with Crippen LogP contribution >= 0.6 is 34.7 Å². The fourth-order valence-corrected chi connectivity index (χ4v) is 4.69. The van der Waals surface area contributed by atoms with Gasteiger partial charge >= 0.3 is 0 Å². The maximum Gasteiger partial charge on any atom is 0.221 e. The zero-order valence-electron chi connectivity index (χ0n) is 13.8. The van der Waals surface area contributed by atoms with Gasteiger partial charge in [-0.05, 0) is 18.2 Å². The summed E-state index contributed by atoms with van der Waals surface area (Å²) in [6.07, 6.45) is -0.333. The SMILES string of the molecule is Clc1ccc2c(c1)C1=NN=C(CSc3nnc(-c4ccccc4)s3)OC1N2. The quantitative estimate of drug-likeness (QED) is 0.636. The summed E-state index contributed by atoms with van der Waals surface area (Å²) in [6, 6.07) is 15.6. The Morgan fingerprint density at radius 3 is 2.89 bits per heavy atom. The van der Waals surface area contributed by atoms with Crippen LogP contribution < -0.4 is 5.32 Å². The van der Waals surface area contributed by atoms with Crippen molar-refractivity contribution in [3.63, 3.8) is 0 Å². The summed E-state index contributed by atoms with van der Waals surface area (Å²) >= 11 is 9.16. The summed E-state index contributed by atoms with van der Waals surface area (Å²) in [5, 5.41) is 21.9. The average Bonchev–Trinajstić information content (AvgIpc) is 3.31. The van der Waals surface area contributed by atoms with E-state index in [0.29, 0.717) is 16.7 Å². The molecular formula is C18H12ClN5OS2. The van der Waals surface area contributed by atoms with E-state index in [-0.39, 0.29) is 6.23 Å². The summed E-state index contributed by atoms with van der Waals surface area (Å²) in [4.78, 5) is 0. The third kappa shape index (κ3) is 3.31. The van der Waals surface area contributed by atoms with Gasteiger partial charge in [0, 0.05) is 21.8 Å². The summed E-state index contributed by atoms with van der Waals surface area (Å²) < 4.78 is 6.81. The van der Waals surface area contributed by atoms with Crippen molar-refractivity contribution in [1.29, 1.82) is 0 Å². The lowest BCUT2D eigenvalue weighted by atomic mass is 10.1. The molecule has 1 N–H and O–H groups in total. The highest BCUT2D eigenvalue weighted by atomic mass is 35.5. The van der Waals surface area contributed by atoms with E-state index < -0.39 is 0 Å². The lowest BCUT2D eigenvalue weighted by Crippen LogP contribution is -2.32. The van der Waals surface area contributed by atoms with Gasteiger partial charge in [0.15, 0.2) is 4.34 Å². The predicted octanol–water partition coefficient (Wildman–Crippen LogP) is 4.54. The van der Waals surface area contributed by atoms with Crippen molar-refractivity contribution in [2.45, 2.75) is 10.6 Å². The minimum absolute atomic E-state index is 0.333.